The zero-order valence-electron chi connectivity index (χ0n) is 8.33. The maximum atomic E-state index is 10.7. The maximum absolute atomic E-state index is 10.7. The van der Waals surface area contributed by atoms with Crippen LogP contribution in [0.25, 0.3) is 0 Å². The third-order valence-electron chi connectivity index (χ3n) is 2.51. The Morgan fingerprint density at radius 1 is 1.23 bits per heavy atom. The number of amides is 1. The Balaban J connectivity index is 2.31. The highest BCUT2D eigenvalue weighted by molar-refractivity contribution is 5.75. The van der Waals surface area contributed by atoms with Crippen molar-refractivity contribution < 1.29 is 4.79 Å². The Morgan fingerprint density at radius 3 is 2.46 bits per heavy atom. The van der Waals surface area contributed by atoms with Crippen LogP contribution in [0.3, 0.4) is 0 Å². The smallest absolute Gasteiger partial charge is 0.231 e. The average Bonchev–Trinajstić information content (AvgIpc) is 2.29. The van der Waals surface area contributed by atoms with Crippen molar-refractivity contribution in [1.29, 1.82) is 0 Å². The molecule has 0 aromatic rings. The molecule has 4 nitrogen and oxygen atoms in total. The van der Waals surface area contributed by atoms with E-state index in [1.807, 2.05) is 0 Å². The lowest BCUT2D eigenvalue weighted by Crippen LogP contribution is -2.36. The summed E-state index contributed by atoms with van der Waals surface area (Å²) in [5, 5.41) is 0. The Labute approximate surface area is 79.7 Å². The Kier molecular flexibility index (Phi) is 4.18. The van der Waals surface area contributed by atoms with E-state index in [-0.39, 0.29) is 5.91 Å². The molecule has 0 spiro atoms. The minimum absolute atomic E-state index is 0.218. The number of primary amides is 1. The molecule has 0 aliphatic carbocycles. The zero-order chi connectivity index (χ0) is 9.68. The third kappa shape index (κ3) is 3.74. The fourth-order valence-corrected chi connectivity index (χ4v) is 1.72. The van der Waals surface area contributed by atoms with Gasteiger partial charge in [0.1, 0.15) is 0 Å². The fourth-order valence-electron chi connectivity index (χ4n) is 1.72. The summed E-state index contributed by atoms with van der Waals surface area (Å²) >= 11 is 0. The molecule has 0 bridgehead atoms. The van der Waals surface area contributed by atoms with Crippen molar-refractivity contribution in [3.63, 3.8) is 0 Å². The molecule has 1 heterocycles. The van der Waals surface area contributed by atoms with Gasteiger partial charge in [0.2, 0.25) is 5.91 Å². The number of hydrogen-bond acceptors (Lipinski definition) is 3. The molecule has 13 heavy (non-hydrogen) atoms. The third-order valence-corrected chi connectivity index (χ3v) is 2.51. The van der Waals surface area contributed by atoms with E-state index >= 15 is 0 Å². The predicted octanol–water partition coefficient (Wildman–Crippen LogP) is -0.501. The molecule has 0 unspecified atom stereocenters. The van der Waals surface area contributed by atoms with Crippen LogP contribution in [0, 0.1) is 0 Å². The summed E-state index contributed by atoms with van der Waals surface area (Å²) in [5.41, 5.74) is 5.15. The molecule has 0 aromatic heterocycles. The maximum Gasteiger partial charge on any atom is 0.231 e. The van der Waals surface area contributed by atoms with Crippen molar-refractivity contribution in [3.8, 4) is 0 Å². The molecule has 0 saturated carbocycles. The standard InChI is InChI=1S/C9H19N3O/c1-2-11-4-3-5-12(7-6-11)8-9(10)13/h2-8H2,1H3,(H2,10,13). The summed E-state index contributed by atoms with van der Waals surface area (Å²) in [4.78, 5) is 15.2. The highest BCUT2D eigenvalue weighted by Gasteiger charge is 2.14. The largest absolute Gasteiger partial charge is 0.369 e. The SMILES string of the molecule is CCN1CCCN(CC(N)=O)CC1. The molecule has 1 aliphatic rings. The minimum atomic E-state index is -0.218. The second-order valence-corrected chi connectivity index (χ2v) is 3.53. The van der Waals surface area contributed by atoms with Crippen LogP contribution in [0.4, 0.5) is 0 Å². The van der Waals surface area contributed by atoms with Crippen LogP contribution in [-0.2, 0) is 4.79 Å². The number of hydrogen-bond donors (Lipinski definition) is 1. The molecule has 1 amide bonds. The van der Waals surface area contributed by atoms with Crippen LogP contribution in [-0.4, -0.2) is 55.0 Å². The lowest BCUT2D eigenvalue weighted by Gasteiger charge is -2.19. The van der Waals surface area contributed by atoms with Crippen LogP contribution in [0.1, 0.15) is 13.3 Å². The van der Waals surface area contributed by atoms with Gasteiger partial charge in [-0.15, -0.1) is 0 Å². The fraction of sp³-hybridized carbons (Fsp3) is 0.889. The summed E-state index contributed by atoms with van der Waals surface area (Å²) in [5.74, 6) is -0.218. The average molecular weight is 185 g/mol. The monoisotopic (exact) mass is 185 g/mol. The normalized spacial score (nSPS) is 21.3. The van der Waals surface area contributed by atoms with Crippen LogP contribution in [0.5, 0.6) is 0 Å². The zero-order valence-corrected chi connectivity index (χ0v) is 8.33. The first kappa shape index (κ1) is 10.5. The summed E-state index contributed by atoms with van der Waals surface area (Å²) in [6.07, 6.45) is 1.14. The highest BCUT2D eigenvalue weighted by Crippen LogP contribution is 2.01. The van der Waals surface area contributed by atoms with E-state index in [0.717, 1.165) is 39.1 Å². The van der Waals surface area contributed by atoms with Gasteiger partial charge in [-0.3, -0.25) is 9.69 Å². The van der Waals surface area contributed by atoms with Crippen LogP contribution >= 0.6 is 0 Å². The molecule has 2 N–H and O–H groups in total. The molecular weight excluding hydrogens is 166 g/mol. The highest BCUT2D eigenvalue weighted by atomic mass is 16.1. The number of carbonyl (C=O) groups excluding carboxylic acids is 1. The first-order valence-corrected chi connectivity index (χ1v) is 4.95. The quantitative estimate of drug-likeness (QED) is 0.645. The van der Waals surface area contributed by atoms with Gasteiger partial charge in [0.25, 0.3) is 0 Å². The van der Waals surface area contributed by atoms with Gasteiger partial charge in [0.15, 0.2) is 0 Å². The molecular formula is C9H19N3O. The van der Waals surface area contributed by atoms with E-state index < -0.39 is 0 Å². The van der Waals surface area contributed by atoms with Crippen molar-refractivity contribution in [3.05, 3.63) is 0 Å². The number of likely N-dealkylation sites (N-methyl/N-ethyl adjacent to an activating group) is 1. The predicted molar refractivity (Wildman–Crippen MR) is 52.4 cm³/mol. The lowest BCUT2D eigenvalue weighted by atomic mass is 10.4. The van der Waals surface area contributed by atoms with Crippen molar-refractivity contribution in [1.82, 2.24) is 9.80 Å². The number of carbonyl (C=O) groups is 1. The van der Waals surface area contributed by atoms with Gasteiger partial charge in [-0.05, 0) is 26.1 Å². The van der Waals surface area contributed by atoms with Crippen molar-refractivity contribution in [2.45, 2.75) is 13.3 Å². The topological polar surface area (TPSA) is 49.6 Å². The summed E-state index contributed by atoms with van der Waals surface area (Å²) in [6.45, 7) is 7.86. The molecule has 4 heteroatoms. The summed E-state index contributed by atoms with van der Waals surface area (Å²) < 4.78 is 0. The molecule has 76 valence electrons. The van der Waals surface area contributed by atoms with Gasteiger partial charge in [0.05, 0.1) is 6.54 Å². The van der Waals surface area contributed by atoms with Crippen LogP contribution in [0.15, 0.2) is 0 Å². The van der Waals surface area contributed by atoms with E-state index in [4.69, 9.17) is 5.73 Å². The molecule has 0 atom stereocenters. The van der Waals surface area contributed by atoms with Crippen LogP contribution in [0.2, 0.25) is 0 Å². The van der Waals surface area contributed by atoms with Crippen molar-refractivity contribution in [2.75, 3.05) is 39.3 Å². The lowest BCUT2D eigenvalue weighted by molar-refractivity contribution is -0.119. The van der Waals surface area contributed by atoms with E-state index in [1.54, 1.807) is 0 Å². The van der Waals surface area contributed by atoms with E-state index in [2.05, 4.69) is 16.7 Å². The van der Waals surface area contributed by atoms with Crippen molar-refractivity contribution in [2.24, 2.45) is 5.73 Å². The first-order chi connectivity index (χ1) is 6.22. The molecule has 1 aliphatic heterocycles. The summed E-state index contributed by atoms with van der Waals surface area (Å²) in [7, 11) is 0. The number of nitrogens with two attached hydrogens (primary N) is 1. The first-order valence-electron chi connectivity index (χ1n) is 4.95. The second kappa shape index (κ2) is 5.19. The molecule has 1 fully saturated rings. The molecule has 0 aromatic carbocycles. The van der Waals surface area contributed by atoms with Gasteiger partial charge in [-0.1, -0.05) is 6.92 Å². The number of nitrogens with zero attached hydrogens (tertiary/aromatic N) is 2. The number of rotatable bonds is 3. The van der Waals surface area contributed by atoms with E-state index in [0.29, 0.717) is 6.54 Å². The molecule has 1 saturated heterocycles. The van der Waals surface area contributed by atoms with Gasteiger partial charge < -0.3 is 10.6 Å². The molecule has 0 radical (unpaired) electrons. The Morgan fingerprint density at radius 2 is 1.85 bits per heavy atom. The van der Waals surface area contributed by atoms with Gasteiger partial charge in [-0.2, -0.15) is 0 Å². The van der Waals surface area contributed by atoms with Crippen LogP contribution < -0.4 is 5.73 Å². The van der Waals surface area contributed by atoms with E-state index in [9.17, 15) is 4.79 Å². The van der Waals surface area contributed by atoms with Crippen molar-refractivity contribution >= 4 is 5.91 Å². The minimum Gasteiger partial charge on any atom is -0.369 e. The molecule has 1 rings (SSSR count). The second-order valence-electron chi connectivity index (χ2n) is 3.53. The Bertz CT molecular complexity index is 172. The van der Waals surface area contributed by atoms with Gasteiger partial charge in [0, 0.05) is 13.1 Å². The summed E-state index contributed by atoms with van der Waals surface area (Å²) in [6, 6.07) is 0. The van der Waals surface area contributed by atoms with E-state index in [1.165, 1.54) is 0 Å². The van der Waals surface area contributed by atoms with Gasteiger partial charge in [-0.25, -0.2) is 0 Å². The Hall–Kier alpha value is -0.610. The van der Waals surface area contributed by atoms with Gasteiger partial charge >= 0.3 is 0 Å².